The third-order valence-corrected chi connectivity index (χ3v) is 4.66. The Hall–Kier alpha value is -4.60. The van der Waals surface area contributed by atoms with E-state index >= 15 is 0 Å². The molecule has 1 heterocycles. The lowest BCUT2D eigenvalue weighted by atomic mass is 10.2. The highest BCUT2D eigenvalue weighted by Crippen LogP contribution is 2.19. The summed E-state index contributed by atoms with van der Waals surface area (Å²) in [6.07, 6.45) is 0. The van der Waals surface area contributed by atoms with Gasteiger partial charge in [0, 0.05) is 17.1 Å². The van der Waals surface area contributed by atoms with E-state index in [2.05, 4.69) is 36.2 Å². The van der Waals surface area contributed by atoms with Gasteiger partial charge in [0.25, 0.3) is 0 Å². The van der Waals surface area contributed by atoms with Crippen LogP contribution >= 0.6 is 0 Å². The minimum Gasteiger partial charge on any atom is -0.345 e. The zero-order valence-electron chi connectivity index (χ0n) is 18.1. The molecule has 10 heteroatoms. The largest absolute Gasteiger partial charge is 0.345 e. The molecule has 4 N–H and O–H groups in total. The Balaban J connectivity index is 1.51. The predicted molar refractivity (Wildman–Crippen MR) is 127 cm³/mol. The number of aromatic nitrogens is 3. The number of aryl methyl sites for hydroxylation is 1. The first-order valence-corrected chi connectivity index (χ1v) is 10.4. The average molecular weight is 461 g/mol. The van der Waals surface area contributed by atoms with Gasteiger partial charge in [0.15, 0.2) is 0 Å². The Morgan fingerprint density at radius 1 is 0.735 bits per heavy atom. The fourth-order valence-electron chi connectivity index (χ4n) is 2.96. The molecule has 0 bridgehead atoms. The van der Waals surface area contributed by atoms with Crippen molar-refractivity contribution in [2.24, 2.45) is 0 Å². The molecule has 1 aromatic heterocycles. The molecule has 0 aliphatic heterocycles. The number of carbonyl (C=O) groups is 1. The first kappa shape index (κ1) is 22.6. The number of hydrogen-bond donors (Lipinski definition) is 4. The van der Waals surface area contributed by atoms with Crippen LogP contribution in [0.4, 0.5) is 43.7 Å². The van der Waals surface area contributed by atoms with Gasteiger partial charge in [-0.05, 0) is 67.1 Å². The van der Waals surface area contributed by atoms with E-state index < -0.39 is 0 Å². The minimum atomic E-state index is -0.373. The fourth-order valence-corrected chi connectivity index (χ4v) is 2.96. The highest BCUT2D eigenvalue weighted by molar-refractivity contribution is 5.94. The Bertz CT molecular complexity index is 1220. The first-order valence-electron chi connectivity index (χ1n) is 10.4. The maximum Gasteiger partial charge on any atom is 0.243 e. The Kier molecular flexibility index (Phi) is 6.87. The number of carbonyl (C=O) groups excluding carboxylic acids is 1. The quantitative estimate of drug-likeness (QED) is 0.293. The summed E-state index contributed by atoms with van der Waals surface area (Å²) in [6, 6.07) is 18.8. The van der Waals surface area contributed by atoms with E-state index in [0.717, 1.165) is 5.56 Å². The second kappa shape index (κ2) is 10.3. The number of para-hydroxylation sites is 1. The van der Waals surface area contributed by atoms with Crippen molar-refractivity contribution in [3.8, 4) is 0 Å². The molecule has 4 rings (SSSR count). The van der Waals surface area contributed by atoms with Crippen molar-refractivity contribution in [1.29, 1.82) is 0 Å². The molecule has 0 saturated carbocycles. The third-order valence-electron chi connectivity index (χ3n) is 4.66. The molecule has 3 aromatic carbocycles. The molecule has 172 valence electrons. The van der Waals surface area contributed by atoms with Gasteiger partial charge in [0.1, 0.15) is 11.6 Å². The van der Waals surface area contributed by atoms with E-state index in [4.69, 9.17) is 0 Å². The van der Waals surface area contributed by atoms with Crippen molar-refractivity contribution in [2.75, 3.05) is 27.8 Å². The van der Waals surface area contributed by atoms with Crippen molar-refractivity contribution in [1.82, 2.24) is 15.0 Å². The van der Waals surface area contributed by atoms with Gasteiger partial charge in [-0.15, -0.1) is 0 Å². The van der Waals surface area contributed by atoms with E-state index in [1.54, 1.807) is 0 Å². The van der Waals surface area contributed by atoms with Crippen molar-refractivity contribution in [3.05, 3.63) is 90.0 Å². The molecule has 34 heavy (non-hydrogen) atoms. The number of benzene rings is 3. The van der Waals surface area contributed by atoms with Gasteiger partial charge in [-0.3, -0.25) is 4.79 Å². The van der Waals surface area contributed by atoms with Crippen LogP contribution in [0.3, 0.4) is 0 Å². The maximum absolute atomic E-state index is 13.2. The normalized spacial score (nSPS) is 10.4. The number of hydrogen-bond acceptors (Lipinski definition) is 7. The van der Waals surface area contributed by atoms with Crippen molar-refractivity contribution in [2.45, 2.75) is 6.92 Å². The summed E-state index contributed by atoms with van der Waals surface area (Å²) < 4.78 is 26.5. The average Bonchev–Trinajstić information content (AvgIpc) is 2.82. The van der Waals surface area contributed by atoms with Crippen LogP contribution in [0.1, 0.15) is 5.56 Å². The van der Waals surface area contributed by atoms with E-state index in [1.165, 1.54) is 48.5 Å². The molecule has 0 fully saturated rings. The zero-order chi connectivity index (χ0) is 23.9. The van der Waals surface area contributed by atoms with E-state index in [1.807, 2.05) is 31.2 Å². The molecule has 0 aliphatic carbocycles. The summed E-state index contributed by atoms with van der Waals surface area (Å²) >= 11 is 0. The van der Waals surface area contributed by atoms with E-state index in [0.29, 0.717) is 17.1 Å². The second-order valence-electron chi connectivity index (χ2n) is 7.29. The van der Waals surface area contributed by atoms with Crippen LogP contribution in [0.15, 0.2) is 72.8 Å². The number of rotatable bonds is 8. The molecular weight excluding hydrogens is 440 g/mol. The predicted octanol–water partition coefficient (Wildman–Crippen LogP) is 5.00. The SMILES string of the molecule is Cc1ccccc1NC(=O)CNc1nc(Nc2ccc(F)cc2)nc(Nc2ccc(F)cc2)n1. The maximum atomic E-state index is 13.2. The van der Waals surface area contributed by atoms with Crippen LogP contribution in [0.25, 0.3) is 0 Å². The lowest BCUT2D eigenvalue weighted by Gasteiger charge is -2.12. The Morgan fingerprint density at radius 2 is 1.24 bits per heavy atom. The zero-order valence-corrected chi connectivity index (χ0v) is 18.1. The highest BCUT2D eigenvalue weighted by Gasteiger charge is 2.10. The van der Waals surface area contributed by atoms with Gasteiger partial charge in [-0.2, -0.15) is 15.0 Å². The smallest absolute Gasteiger partial charge is 0.243 e. The van der Waals surface area contributed by atoms with Crippen LogP contribution in [0, 0.1) is 18.6 Å². The van der Waals surface area contributed by atoms with E-state index in [-0.39, 0.29) is 41.9 Å². The molecule has 1 amide bonds. The summed E-state index contributed by atoms with van der Waals surface area (Å²) in [5.74, 6) is -0.579. The van der Waals surface area contributed by atoms with Gasteiger partial charge in [0.05, 0.1) is 6.54 Å². The number of halogens is 2. The molecule has 0 spiro atoms. The molecule has 0 aliphatic rings. The third kappa shape index (κ3) is 6.22. The second-order valence-corrected chi connectivity index (χ2v) is 7.29. The minimum absolute atomic E-state index is 0.0929. The van der Waals surface area contributed by atoms with Crippen LogP contribution in [0.5, 0.6) is 0 Å². The molecular formula is C24H21F2N7O. The molecule has 8 nitrogen and oxygen atoms in total. The topological polar surface area (TPSA) is 104 Å². The highest BCUT2D eigenvalue weighted by atomic mass is 19.1. The molecule has 0 atom stereocenters. The summed E-state index contributed by atoms with van der Waals surface area (Å²) in [6.45, 7) is 1.81. The van der Waals surface area contributed by atoms with E-state index in [9.17, 15) is 13.6 Å². The number of nitrogens with zero attached hydrogens (tertiary/aromatic N) is 3. The number of amides is 1. The Morgan fingerprint density at radius 3 is 1.76 bits per heavy atom. The number of anilines is 6. The first-order chi connectivity index (χ1) is 16.4. The van der Waals surface area contributed by atoms with Gasteiger partial charge in [-0.25, -0.2) is 8.78 Å². The molecule has 0 radical (unpaired) electrons. The molecule has 0 saturated heterocycles. The van der Waals surface area contributed by atoms with Gasteiger partial charge >= 0.3 is 0 Å². The summed E-state index contributed by atoms with van der Waals surface area (Å²) in [4.78, 5) is 25.3. The van der Waals surface area contributed by atoms with Crippen LogP contribution in [0.2, 0.25) is 0 Å². The van der Waals surface area contributed by atoms with Gasteiger partial charge < -0.3 is 21.3 Å². The monoisotopic (exact) mass is 461 g/mol. The lowest BCUT2D eigenvalue weighted by molar-refractivity contribution is -0.114. The summed E-state index contributed by atoms with van der Waals surface area (Å²) in [7, 11) is 0. The molecule has 0 unspecified atom stereocenters. The summed E-state index contributed by atoms with van der Waals surface area (Å²) in [5.41, 5.74) is 2.77. The lowest BCUT2D eigenvalue weighted by Crippen LogP contribution is -2.23. The fraction of sp³-hybridized carbons (Fsp3) is 0.0833. The summed E-state index contributed by atoms with van der Waals surface area (Å²) in [5, 5.41) is 11.7. The standard InChI is InChI=1S/C24H21F2N7O/c1-15-4-2-3-5-20(15)30-21(34)14-27-22-31-23(28-18-10-6-16(25)7-11-18)33-24(32-22)29-19-12-8-17(26)9-13-19/h2-13H,14H2,1H3,(H,30,34)(H3,27,28,29,31,32,33). The van der Waals surface area contributed by atoms with Crippen molar-refractivity contribution < 1.29 is 13.6 Å². The number of nitrogens with one attached hydrogen (secondary N) is 4. The van der Waals surface area contributed by atoms with Crippen molar-refractivity contribution in [3.63, 3.8) is 0 Å². The van der Waals surface area contributed by atoms with Crippen LogP contribution < -0.4 is 21.3 Å². The van der Waals surface area contributed by atoms with Gasteiger partial charge in [-0.1, -0.05) is 18.2 Å². The van der Waals surface area contributed by atoms with Crippen molar-refractivity contribution >= 4 is 40.8 Å². The van der Waals surface area contributed by atoms with Gasteiger partial charge in [0.2, 0.25) is 23.8 Å². The van der Waals surface area contributed by atoms with Crippen LogP contribution in [-0.4, -0.2) is 27.4 Å². The molecule has 4 aromatic rings. The van der Waals surface area contributed by atoms with Crippen LogP contribution in [-0.2, 0) is 4.79 Å². The Labute approximate surface area is 194 Å².